The molecule has 2 aromatic rings. The van der Waals surface area contributed by atoms with Crippen molar-refractivity contribution in [3.8, 4) is 0 Å². The van der Waals surface area contributed by atoms with E-state index in [9.17, 15) is 0 Å². The highest BCUT2D eigenvalue weighted by atomic mass is 15.0. The lowest BCUT2D eigenvalue weighted by Gasteiger charge is -2.01. The van der Waals surface area contributed by atoms with Gasteiger partial charge in [-0.25, -0.2) is 9.97 Å². The second-order valence-corrected chi connectivity index (χ2v) is 3.25. The molecule has 0 amide bonds. The van der Waals surface area contributed by atoms with E-state index in [1.807, 2.05) is 20.8 Å². The highest BCUT2D eigenvalue weighted by molar-refractivity contribution is 5.87. The maximum atomic E-state index is 5.76. The third-order valence-electron chi connectivity index (χ3n) is 2.26. The molecule has 0 fully saturated rings. The topological polar surface area (TPSA) is 67.6 Å². The van der Waals surface area contributed by atoms with Crippen LogP contribution in [0.3, 0.4) is 0 Å². The van der Waals surface area contributed by atoms with Gasteiger partial charge in [-0.05, 0) is 26.3 Å². The van der Waals surface area contributed by atoms with E-state index >= 15 is 0 Å². The molecule has 0 saturated heterocycles. The minimum absolute atomic E-state index is 0.527. The molecular weight excluding hydrogens is 164 g/mol. The molecule has 0 radical (unpaired) electrons. The summed E-state index contributed by atoms with van der Waals surface area (Å²) in [7, 11) is 0. The van der Waals surface area contributed by atoms with E-state index in [0.717, 1.165) is 28.1 Å². The highest BCUT2D eigenvalue weighted by Crippen LogP contribution is 2.21. The molecule has 0 saturated carbocycles. The molecule has 2 heterocycles. The van der Waals surface area contributed by atoms with Gasteiger partial charge in [0.2, 0.25) is 0 Å². The lowest BCUT2D eigenvalue weighted by molar-refractivity contribution is 1.17. The third kappa shape index (κ3) is 1.06. The van der Waals surface area contributed by atoms with Crippen LogP contribution < -0.4 is 5.73 Å². The highest BCUT2D eigenvalue weighted by Gasteiger charge is 2.09. The van der Waals surface area contributed by atoms with Gasteiger partial charge in [-0.1, -0.05) is 0 Å². The van der Waals surface area contributed by atoms with Crippen LogP contribution >= 0.6 is 0 Å². The van der Waals surface area contributed by atoms with Gasteiger partial charge < -0.3 is 10.7 Å². The third-order valence-corrected chi connectivity index (χ3v) is 2.26. The molecule has 4 heteroatoms. The van der Waals surface area contributed by atoms with Gasteiger partial charge in [0, 0.05) is 5.69 Å². The van der Waals surface area contributed by atoms with Crippen molar-refractivity contribution in [1.82, 2.24) is 15.0 Å². The van der Waals surface area contributed by atoms with Crippen LogP contribution in [0.15, 0.2) is 0 Å². The number of nitrogens with two attached hydrogens (primary N) is 1. The Labute approximate surface area is 76.2 Å². The smallest absolute Gasteiger partial charge is 0.149 e. The van der Waals surface area contributed by atoms with Crippen LogP contribution in [-0.4, -0.2) is 15.0 Å². The molecule has 13 heavy (non-hydrogen) atoms. The van der Waals surface area contributed by atoms with Crippen LogP contribution in [0.2, 0.25) is 0 Å². The molecule has 0 aromatic carbocycles. The predicted octanol–water partition coefficient (Wildman–Crippen LogP) is 1.47. The van der Waals surface area contributed by atoms with E-state index in [1.54, 1.807) is 0 Å². The molecule has 2 rings (SSSR count). The zero-order chi connectivity index (χ0) is 9.59. The number of nitrogens with zero attached hydrogens (tertiary/aromatic N) is 2. The van der Waals surface area contributed by atoms with Crippen LogP contribution in [0.5, 0.6) is 0 Å². The number of nitrogens with one attached hydrogen (secondary N) is 1. The number of imidazole rings is 1. The van der Waals surface area contributed by atoms with Crippen molar-refractivity contribution in [2.75, 3.05) is 5.73 Å². The molecule has 0 unspecified atom stereocenters. The summed E-state index contributed by atoms with van der Waals surface area (Å²) in [4.78, 5) is 11.7. The van der Waals surface area contributed by atoms with Gasteiger partial charge in [0.25, 0.3) is 0 Å². The molecule has 0 aliphatic rings. The quantitative estimate of drug-likeness (QED) is 0.638. The Bertz CT molecular complexity index is 470. The largest absolute Gasteiger partial charge is 0.382 e. The number of aromatic amines is 1. The van der Waals surface area contributed by atoms with Crippen molar-refractivity contribution in [3.63, 3.8) is 0 Å². The molecule has 4 nitrogen and oxygen atoms in total. The fourth-order valence-electron chi connectivity index (χ4n) is 1.44. The molecule has 68 valence electrons. The normalized spacial score (nSPS) is 11.0. The fourth-order valence-corrected chi connectivity index (χ4v) is 1.44. The number of anilines is 1. The first-order valence-electron chi connectivity index (χ1n) is 4.18. The van der Waals surface area contributed by atoms with Crippen LogP contribution in [0, 0.1) is 20.8 Å². The first-order valence-corrected chi connectivity index (χ1v) is 4.18. The molecule has 0 atom stereocenters. The second-order valence-electron chi connectivity index (χ2n) is 3.25. The summed E-state index contributed by atoms with van der Waals surface area (Å²) in [6.45, 7) is 5.85. The maximum absolute atomic E-state index is 5.76. The summed E-state index contributed by atoms with van der Waals surface area (Å²) in [5.74, 6) is 1.40. The number of nitrogen functional groups attached to an aromatic ring is 1. The zero-order valence-corrected chi connectivity index (χ0v) is 7.97. The van der Waals surface area contributed by atoms with Gasteiger partial charge in [0.1, 0.15) is 17.2 Å². The van der Waals surface area contributed by atoms with E-state index < -0.39 is 0 Å². The zero-order valence-electron chi connectivity index (χ0n) is 7.97. The number of aryl methyl sites for hydroxylation is 3. The lowest BCUT2D eigenvalue weighted by atomic mass is 10.2. The summed E-state index contributed by atoms with van der Waals surface area (Å²) in [6, 6.07) is 0. The minimum atomic E-state index is 0.527. The summed E-state index contributed by atoms with van der Waals surface area (Å²) in [5.41, 5.74) is 9.57. The van der Waals surface area contributed by atoms with Gasteiger partial charge in [-0.3, -0.25) is 0 Å². The van der Waals surface area contributed by atoms with Crippen molar-refractivity contribution in [3.05, 3.63) is 17.1 Å². The van der Waals surface area contributed by atoms with E-state index in [-0.39, 0.29) is 0 Å². The van der Waals surface area contributed by atoms with E-state index in [2.05, 4.69) is 15.0 Å². The standard InChI is InChI=1S/C9H12N4/c1-4-5(2)11-9(10)8-7(4)12-6(3)13-8/h1-3H3,(H2,10,11)(H,12,13). The van der Waals surface area contributed by atoms with E-state index in [0.29, 0.717) is 5.82 Å². The fraction of sp³-hybridized carbons (Fsp3) is 0.333. The maximum Gasteiger partial charge on any atom is 0.149 e. The van der Waals surface area contributed by atoms with Gasteiger partial charge in [0.05, 0.1) is 5.52 Å². The van der Waals surface area contributed by atoms with Crippen LogP contribution in [-0.2, 0) is 0 Å². The van der Waals surface area contributed by atoms with Crippen molar-refractivity contribution in [2.24, 2.45) is 0 Å². The lowest BCUT2D eigenvalue weighted by Crippen LogP contribution is -1.96. The molecule has 2 aromatic heterocycles. The SMILES string of the molecule is Cc1nc2c(C)c(C)nc(N)c2[nH]1. The summed E-state index contributed by atoms with van der Waals surface area (Å²) < 4.78 is 0. The Morgan fingerprint density at radius 1 is 1.15 bits per heavy atom. The summed E-state index contributed by atoms with van der Waals surface area (Å²) in [6.07, 6.45) is 0. The number of aromatic nitrogens is 3. The van der Waals surface area contributed by atoms with E-state index in [1.165, 1.54) is 0 Å². The average molecular weight is 176 g/mol. The van der Waals surface area contributed by atoms with Crippen LogP contribution in [0.1, 0.15) is 17.1 Å². The van der Waals surface area contributed by atoms with Crippen molar-refractivity contribution in [2.45, 2.75) is 20.8 Å². The van der Waals surface area contributed by atoms with Crippen molar-refractivity contribution < 1.29 is 0 Å². The van der Waals surface area contributed by atoms with Crippen LogP contribution in [0.25, 0.3) is 11.0 Å². The first kappa shape index (κ1) is 8.04. The number of hydrogen-bond acceptors (Lipinski definition) is 3. The van der Waals surface area contributed by atoms with Crippen LogP contribution in [0.4, 0.5) is 5.82 Å². The molecule has 3 N–H and O–H groups in total. The van der Waals surface area contributed by atoms with Gasteiger partial charge in [-0.15, -0.1) is 0 Å². The van der Waals surface area contributed by atoms with Crippen molar-refractivity contribution in [1.29, 1.82) is 0 Å². The Morgan fingerprint density at radius 2 is 1.85 bits per heavy atom. The Hall–Kier alpha value is -1.58. The summed E-state index contributed by atoms with van der Waals surface area (Å²) in [5, 5.41) is 0. The predicted molar refractivity (Wildman–Crippen MR) is 52.5 cm³/mol. The van der Waals surface area contributed by atoms with Crippen molar-refractivity contribution >= 4 is 16.9 Å². The monoisotopic (exact) mass is 176 g/mol. The average Bonchev–Trinajstić information content (AvgIpc) is 2.44. The van der Waals surface area contributed by atoms with Gasteiger partial charge in [-0.2, -0.15) is 0 Å². The molecular formula is C9H12N4. The Balaban J connectivity index is 2.95. The summed E-state index contributed by atoms with van der Waals surface area (Å²) >= 11 is 0. The van der Waals surface area contributed by atoms with Gasteiger partial charge >= 0.3 is 0 Å². The molecule has 0 bridgehead atoms. The number of hydrogen-bond donors (Lipinski definition) is 2. The Morgan fingerprint density at radius 3 is 2.54 bits per heavy atom. The second kappa shape index (κ2) is 2.45. The van der Waals surface area contributed by atoms with E-state index in [4.69, 9.17) is 5.73 Å². The Kier molecular flexibility index (Phi) is 1.52. The molecule has 0 aliphatic heterocycles. The minimum Gasteiger partial charge on any atom is -0.382 e. The molecule has 0 spiro atoms. The first-order chi connectivity index (χ1) is 6.09. The molecule has 0 aliphatic carbocycles. The number of H-pyrrole nitrogens is 1. The number of fused-ring (bicyclic) bond motifs is 1. The number of pyridine rings is 1. The number of rotatable bonds is 0. The van der Waals surface area contributed by atoms with Gasteiger partial charge in [0.15, 0.2) is 0 Å².